The third-order valence-corrected chi connectivity index (χ3v) is 4.68. The molecule has 132 valence electrons. The number of amides is 1. The molecule has 1 fully saturated rings. The van der Waals surface area contributed by atoms with Gasteiger partial charge in [-0.2, -0.15) is 5.10 Å². The number of carbonyl (C=O) groups excluding carboxylic acids is 2. The maximum atomic E-state index is 12.0. The van der Waals surface area contributed by atoms with Crippen LogP contribution in [0.3, 0.4) is 0 Å². The number of H-pyrrole nitrogens is 1. The van der Waals surface area contributed by atoms with E-state index in [4.69, 9.17) is 0 Å². The molecule has 0 atom stereocenters. The van der Waals surface area contributed by atoms with Crippen molar-refractivity contribution >= 4 is 11.9 Å². The number of rotatable bonds is 5. The van der Waals surface area contributed by atoms with Crippen LogP contribution in [0.1, 0.15) is 42.1 Å². The van der Waals surface area contributed by atoms with Crippen LogP contribution in [0.5, 0.6) is 0 Å². The average Bonchev–Trinajstić information content (AvgIpc) is 3.11. The van der Waals surface area contributed by atoms with Crippen LogP contribution in [0.25, 0.3) is 0 Å². The highest BCUT2D eigenvalue weighted by Crippen LogP contribution is 2.27. The maximum Gasteiger partial charge on any atom is 0.315 e. The SMILES string of the molecule is COC(=O)CC(=O)N1CCC(c2cc(Cc3ccccc3)[nH]n2)CC1. The largest absolute Gasteiger partial charge is 0.469 e. The fourth-order valence-corrected chi connectivity index (χ4v) is 3.23. The van der Waals surface area contributed by atoms with Gasteiger partial charge >= 0.3 is 5.97 Å². The minimum absolute atomic E-state index is 0.155. The number of esters is 1. The summed E-state index contributed by atoms with van der Waals surface area (Å²) in [5, 5.41) is 7.59. The van der Waals surface area contributed by atoms with E-state index in [1.807, 2.05) is 18.2 Å². The Hall–Kier alpha value is -2.63. The lowest BCUT2D eigenvalue weighted by atomic mass is 9.93. The molecule has 3 rings (SSSR count). The van der Waals surface area contributed by atoms with Crippen LogP contribution in [0, 0.1) is 0 Å². The molecule has 1 N–H and O–H groups in total. The first-order valence-electron chi connectivity index (χ1n) is 8.58. The maximum absolute atomic E-state index is 12.0. The minimum Gasteiger partial charge on any atom is -0.469 e. The number of methoxy groups -OCH3 is 1. The van der Waals surface area contributed by atoms with Crippen LogP contribution < -0.4 is 0 Å². The molecular formula is C19H23N3O3. The van der Waals surface area contributed by atoms with Gasteiger partial charge in [-0.15, -0.1) is 0 Å². The molecule has 1 aromatic heterocycles. The van der Waals surface area contributed by atoms with Gasteiger partial charge in [-0.05, 0) is 24.5 Å². The zero-order valence-corrected chi connectivity index (χ0v) is 14.4. The Morgan fingerprint density at radius 2 is 1.96 bits per heavy atom. The smallest absolute Gasteiger partial charge is 0.315 e. The van der Waals surface area contributed by atoms with E-state index in [2.05, 4.69) is 33.1 Å². The average molecular weight is 341 g/mol. The van der Waals surface area contributed by atoms with Crippen molar-refractivity contribution in [2.45, 2.75) is 31.6 Å². The number of ether oxygens (including phenoxy) is 1. The van der Waals surface area contributed by atoms with Crippen molar-refractivity contribution in [2.24, 2.45) is 0 Å². The number of aromatic nitrogens is 2. The molecule has 1 saturated heterocycles. The van der Waals surface area contributed by atoms with Gasteiger partial charge in [0.2, 0.25) is 5.91 Å². The van der Waals surface area contributed by atoms with Crippen LogP contribution >= 0.6 is 0 Å². The van der Waals surface area contributed by atoms with Crippen LogP contribution in [0.4, 0.5) is 0 Å². The number of benzene rings is 1. The highest BCUT2D eigenvalue weighted by Gasteiger charge is 2.26. The molecule has 25 heavy (non-hydrogen) atoms. The highest BCUT2D eigenvalue weighted by atomic mass is 16.5. The fourth-order valence-electron chi connectivity index (χ4n) is 3.23. The van der Waals surface area contributed by atoms with E-state index in [-0.39, 0.29) is 12.3 Å². The summed E-state index contributed by atoms with van der Waals surface area (Å²) in [6.45, 7) is 1.31. The molecule has 0 bridgehead atoms. The summed E-state index contributed by atoms with van der Waals surface area (Å²) in [7, 11) is 1.30. The van der Waals surface area contributed by atoms with E-state index >= 15 is 0 Å². The van der Waals surface area contributed by atoms with Crippen molar-refractivity contribution < 1.29 is 14.3 Å². The molecule has 2 heterocycles. The molecule has 1 aliphatic rings. The summed E-state index contributed by atoms with van der Waals surface area (Å²) in [6.07, 6.45) is 2.39. The van der Waals surface area contributed by atoms with Gasteiger partial charge < -0.3 is 9.64 Å². The second-order valence-corrected chi connectivity index (χ2v) is 6.39. The molecule has 0 spiro atoms. The van der Waals surface area contributed by atoms with Gasteiger partial charge in [-0.1, -0.05) is 30.3 Å². The molecule has 1 amide bonds. The normalized spacial score (nSPS) is 15.2. The van der Waals surface area contributed by atoms with Crippen LogP contribution in [0.2, 0.25) is 0 Å². The van der Waals surface area contributed by atoms with E-state index in [1.54, 1.807) is 4.90 Å². The molecule has 1 aromatic carbocycles. The lowest BCUT2D eigenvalue weighted by molar-refractivity contribution is -0.147. The second kappa shape index (κ2) is 7.96. The Kier molecular flexibility index (Phi) is 5.48. The van der Waals surface area contributed by atoms with E-state index in [1.165, 1.54) is 12.7 Å². The van der Waals surface area contributed by atoms with Gasteiger partial charge in [-0.25, -0.2) is 0 Å². The minimum atomic E-state index is -0.482. The first-order valence-corrected chi connectivity index (χ1v) is 8.58. The zero-order chi connectivity index (χ0) is 17.6. The van der Waals surface area contributed by atoms with Crippen molar-refractivity contribution in [3.05, 3.63) is 53.3 Å². The quantitative estimate of drug-likeness (QED) is 0.669. The molecule has 0 radical (unpaired) electrons. The van der Waals surface area contributed by atoms with Crippen LogP contribution in [0.15, 0.2) is 36.4 Å². The number of hydrogen-bond acceptors (Lipinski definition) is 4. The van der Waals surface area contributed by atoms with Crippen molar-refractivity contribution in [1.29, 1.82) is 0 Å². The van der Waals surface area contributed by atoms with Gasteiger partial charge in [0.25, 0.3) is 0 Å². The summed E-state index contributed by atoms with van der Waals surface area (Å²) in [4.78, 5) is 25.0. The van der Waals surface area contributed by atoms with Crippen molar-refractivity contribution in [3.8, 4) is 0 Å². The monoisotopic (exact) mass is 341 g/mol. The Labute approximate surface area is 147 Å². The molecule has 0 aliphatic carbocycles. The Morgan fingerprint density at radius 1 is 1.24 bits per heavy atom. The predicted octanol–water partition coefficient (Wildman–Crippen LogP) is 2.27. The summed E-state index contributed by atoms with van der Waals surface area (Å²) in [5.74, 6) is -0.287. The number of aromatic amines is 1. The van der Waals surface area contributed by atoms with Gasteiger partial charge in [0.1, 0.15) is 6.42 Å². The van der Waals surface area contributed by atoms with Gasteiger partial charge in [-0.3, -0.25) is 14.7 Å². The summed E-state index contributed by atoms with van der Waals surface area (Å²) < 4.78 is 4.55. The standard InChI is InChI=1S/C19H23N3O3/c1-25-19(24)13-18(23)22-9-7-15(8-10-22)17-12-16(20-21-17)11-14-5-3-2-4-6-14/h2-6,12,15H,7-11,13H2,1H3,(H,20,21). The molecular weight excluding hydrogens is 318 g/mol. The first-order chi connectivity index (χ1) is 12.2. The second-order valence-electron chi connectivity index (χ2n) is 6.39. The van der Waals surface area contributed by atoms with E-state index < -0.39 is 5.97 Å². The number of piperidine rings is 1. The summed E-state index contributed by atoms with van der Waals surface area (Å²) in [6, 6.07) is 12.4. The molecule has 6 nitrogen and oxygen atoms in total. The van der Waals surface area contributed by atoms with Crippen molar-refractivity contribution in [3.63, 3.8) is 0 Å². The lowest BCUT2D eigenvalue weighted by Gasteiger charge is -2.31. The summed E-state index contributed by atoms with van der Waals surface area (Å²) in [5.41, 5.74) is 3.41. The van der Waals surface area contributed by atoms with E-state index in [9.17, 15) is 9.59 Å². The first kappa shape index (κ1) is 17.2. The molecule has 0 unspecified atom stereocenters. The van der Waals surface area contributed by atoms with Crippen LogP contribution in [-0.2, 0) is 20.7 Å². The van der Waals surface area contributed by atoms with Gasteiger partial charge in [0.05, 0.1) is 12.8 Å². The molecule has 1 aliphatic heterocycles. The highest BCUT2D eigenvalue weighted by molar-refractivity contribution is 5.94. The number of nitrogens with zero attached hydrogens (tertiary/aromatic N) is 2. The van der Waals surface area contributed by atoms with Crippen molar-refractivity contribution in [2.75, 3.05) is 20.2 Å². The lowest BCUT2D eigenvalue weighted by Crippen LogP contribution is -2.39. The van der Waals surface area contributed by atoms with Crippen LogP contribution in [-0.4, -0.2) is 47.2 Å². The Bertz CT molecular complexity index is 719. The number of carbonyl (C=O) groups is 2. The Balaban J connectivity index is 1.53. The van der Waals surface area contributed by atoms with E-state index in [0.29, 0.717) is 19.0 Å². The molecule has 2 aromatic rings. The topological polar surface area (TPSA) is 75.3 Å². The number of hydrogen-bond donors (Lipinski definition) is 1. The summed E-state index contributed by atoms with van der Waals surface area (Å²) >= 11 is 0. The zero-order valence-electron chi connectivity index (χ0n) is 14.4. The van der Waals surface area contributed by atoms with E-state index in [0.717, 1.165) is 30.7 Å². The van der Waals surface area contributed by atoms with Gasteiger partial charge in [0, 0.05) is 31.1 Å². The number of nitrogens with one attached hydrogen (secondary N) is 1. The van der Waals surface area contributed by atoms with Gasteiger partial charge in [0.15, 0.2) is 0 Å². The Morgan fingerprint density at radius 3 is 2.64 bits per heavy atom. The molecule has 6 heteroatoms. The third-order valence-electron chi connectivity index (χ3n) is 4.68. The number of likely N-dealkylation sites (tertiary alicyclic amines) is 1. The molecule has 0 saturated carbocycles. The van der Waals surface area contributed by atoms with Crippen molar-refractivity contribution in [1.82, 2.24) is 15.1 Å². The fraction of sp³-hybridized carbons (Fsp3) is 0.421. The predicted molar refractivity (Wildman–Crippen MR) is 93.0 cm³/mol. The third kappa shape index (κ3) is 4.47.